The van der Waals surface area contributed by atoms with Gasteiger partial charge in [0, 0.05) is 29.6 Å². The van der Waals surface area contributed by atoms with Crippen molar-refractivity contribution < 1.29 is 4.79 Å². The van der Waals surface area contributed by atoms with E-state index in [0.29, 0.717) is 6.42 Å². The monoisotopic (exact) mass is 215 g/mol. The number of fused-ring (bicyclic) bond motifs is 1. The Labute approximate surface area is 95.9 Å². The predicted molar refractivity (Wildman–Crippen MR) is 66.7 cm³/mol. The number of benzene rings is 1. The Morgan fingerprint density at radius 2 is 2.12 bits per heavy atom. The highest BCUT2D eigenvalue weighted by Gasteiger charge is 2.10. The molecule has 1 heterocycles. The molecule has 16 heavy (non-hydrogen) atoms. The van der Waals surface area contributed by atoms with Crippen molar-refractivity contribution in [2.75, 3.05) is 0 Å². The average Bonchev–Trinajstić information content (AvgIpc) is 2.56. The van der Waals surface area contributed by atoms with E-state index < -0.39 is 0 Å². The Morgan fingerprint density at radius 1 is 1.38 bits per heavy atom. The van der Waals surface area contributed by atoms with Gasteiger partial charge >= 0.3 is 0 Å². The maximum absolute atomic E-state index is 11.2. The Hall–Kier alpha value is -1.57. The molecule has 0 bridgehead atoms. The summed E-state index contributed by atoms with van der Waals surface area (Å²) in [5.74, 6) is 0.218. The quantitative estimate of drug-likeness (QED) is 0.771. The molecule has 2 heteroatoms. The number of carbonyl (C=O) groups excluding carboxylic acids is 1. The highest BCUT2D eigenvalue weighted by molar-refractivity contribution is 5.87. The molecule has 0 saturated carbocycles. The fourth-order valence-electron chi connectivity index (χ4n) is 2.26. The number of aryl methyl sites for hydroxylation is 2. The molecule has 0 amide bonds. The molecule has 2 aromatic rings. The van der Waals surface area contributed by atoms with Gasteiger partial charge in [0.1, 0.15) is 5.78 Å². The van der Waals surface area contributed by atoms with Gasteiger partial charge in [0.05, 0.1) is 0 Å². The number of rotatable bonds is 3. The third-order valence-electron chi connectivity index (χ3n) is 3.00. The minimum Gasteiger partial charge on any atom is -0.344 e. The zero-order chi connectivity index (χ0) is 11.7. The lowest BCUT2D eigenvalue weighted by Gasteiger charge is -2.06. The first-order chi connectivity index (χ1) is 7.63. The third kappa shape index (κ3) is 1.75. The summed E-state index contributed by atoms with van der Waals surface area (Å²) in [4.78, 5) is 11.2. The first kappa shape index (κ1) is 10.9. The van der Waals surface area contributed by atoms with Crippen molar-refractivity contribution in [1.29, 1.82) is 0 Å². The predicted octanol–water partition coefficient (Wildman–Crippen LogP) is 3.10. The number of ketones is 1. The normalized spacial score (nSPS) is 10.9. The highest BCUT2D eigenvalue weighted by atomic mass is 16.1. The Bertz CT molecular complexity index is 537. The standard InChI is InChI=1S/C14H17NO/c1-4-15-12(8-11(3)16)9-13-10(2)6-5-7-14(13)15/h5-7,9H,4,8H2,1-3H3. The molecule has 1 aromatic heterocycles. The molecule has 0 spiro atoms. The Balaban J connectivity index is 2.66. The van der Waals surface area contributed by atoms with Crippen LogP contribution in [0.4, 0.5) is 0 Å². The molecule has 2 rings (SSSR count). The van der Waals surface area contributed by atoms with Crippen LogP contribution in [0.25, 0.3) is 10.9 Å². The van der Waals surface area contributed by atoms with Crippen molar-refractivity contribution in [3.8, 4) is 0 Å². The van der Waals surface area contributed by atoms with Crippen LogP contribution in [0.3, 0.4) is 0 Å². The van der Waals surface area contributed by atoms with Crippen molar-refractivity contribution in [1.82, 2.24) is 4.57 Å². The van der Waals surface area contributed by atoms with Crippen molar-refractivity contribution in [3.05, 3.63) is 35.5 Å². The zero-order valence-electron chi connectivity index (χ0n) is 10.1. The van der Waals surface area contributed by atoms with Crippen molar-refractivity contribution in [2.45, 2.75) is 33.7 Å². The summed E-state index contributed by atoms with van der Waals surface area (Å²) in [6, 6.07) is 8.45. The molecule has 0 aliphatic rings. The van der Waals surface area contributed by atoms with E-state index in [-0.39, 0.29) is 5.78 Å². The van der Waals surface area contributed by atoms with Gasteiger partial charge in [0.15, 0.2) is 0 Å². The van der Waals surface area contributed by atoms with E-state index in [1.165, 1.54) is 16.5 Å². The third-order valence-corrected chi connectivity index (χ3v) is 3.00. The van der Waals surface area contributed by atoms with E-state index in [9.17, 15) is 4.79 Å². The molecule has 0 atom stereocenters. The van der Waals surface area contributed by atoms with E-state index in [2.05, 4.69) is 42.7 Å². The van der Waals surface area contributed by atoms with E-state index >= 15 is 0 Å². The van der Waals surface area contributed by atoms with Crippen molar-refractivity contribution in [3.63, 3.8) is 0 Å². The highest BCUT2D eigenvalue weighted by Crippen LogP contribution is 2.23. The molecule has 0 radical (unpaired) electrons. The van der Waals surface area contributed by atoms with Crippen LogP contribution in [0.15, 0.2) is 24.3 Å². The fraction of sp³-hybridized carbons (Fsp3) is 0.357. The van der Waals surface area contributed by atoms with Gasteiger partial charge in [-0.25, -0.2) is 0 Å². The number of hydrogen-bond donors (Lipinski definition) is 0. The number of Topliss-reactive ketones (excluding diaryl/α,β-unsaturated/α-hetero) is 1. The summed E-state index contributed by atoms with van der Waals surface area (Å²) in [6.07, 6.45) is 0.530. The van der Waals surface area contributed by atoms with Gasteiger partial charge in [0.25, 0.3) is 0 Å². The topological polar surface area (TPSA) is 22.0 Å². The van der Waals surface area contributed by atoms with Crippen LogP contribution in [-0.2, 0) is 17.8 Å². The van der Waals surface area contributed by atoms with Crippen LogP contribution in [0.1, 0.15) is 25.1 Å². The van der Waals surface area contributed by atoms with Crippen LogP contribution in [-0.4, -0.2) is 10.4 Å². The summed E-state index contributed by atoms with van der Waals surface area (Å²) < 4.78 is 2.23. The minimum absolute atomic E-state index is 0.218. The van der Waals surface area contributed by atoms with Gasteiger partial charge in [0.2, 0.25) is 0 Å². The molecule has 2 nitrogen and oxygen atoms in total. The number of carbonyl (C=O) groups is 1. The summed E-state index contributed by atoms with van der Waals surface area (Å²) >= 11 is 0. The second kappa shape index (κ2) is 4.12. The summed E-state index contributed by atoms with van der Waals surface area (Å²) in [5.41, 5.74) is 3.63. The van der Waals surface area contributed by atoms with Gasteiger partial charge in [-0.3, -0.25) is 4.79 Å². The number of nitrogens with zero attached hydrogens (tertiary/aromatic N) is 1. The molecule has 84 valence electrons. The molecule has 0 saturated heterocycles. The molecular formula is C14H17NO. The van der Waals surface area contributed by atoms with Gasteiger partial charge in [-0.15, -0.1) is 0 Å². The largest absolute Gasteiger partial charge is 0.344 e. The lowest BCUT2D eigenvalue weighted by Crippen LogP contribution is -2.04. The zero-order valence-corrected chi connectivity index (χ0v) is 10.1. The smallest absolute Gasteiger partial charge is 0.135 e. The van der Waals surface area contributed by atoms with Gasteiger partial charge in [-0.05, 0) is 38.5 Å². The molecule has 0 aliphatic carbocycles. The first-order valence-electron chi connectivity index (χ1n) is 5.70. The maximum atomic E-state index is 11.2. The Morgan fingerprint density at radius 3 is 2.75 bits per heavy atom. The lowest BCUT2D eigenvalue weighted by atomic mass is 10.1. The second-order valence-electron chi connectivity index (χ2n) is 4.27. The van der Waals surface area contributed by atoms with Gasteiger partial charge in [-0.2, -0.15) is 0 Å². The van der Waals surface area contributed by atoms with Gasteiger partial charge < -0.3 is 4.57 Å². The SMILES string of the molecule is CCn1c(CC(C)=O)cc2c(C)cccc21. The van der Waals surface area contributed by atoms with Crippen LogP contribution in [0.5, 0.6) is 0 Å². The average molecular weight is 215 g/mol. The summed E-state index contributed by atoms with van der Waals surface area (Å²) in [7, 11) is 0. The van der Waals surface area contributed by atoms with Crippen molar-refractivity contribution >= 4 is 16.7 Å². The summed E-state index contributed by atoms with van der Waals surface area (Å²) in [5, 5.41) is 1.26. The molecular weight excluding hydrogens is 198 g/mol. The lowest BCUT2D eigenvalue weighted by molar-refractivity contribution is -0.116. The molecule has 0 aliphatic heterocycles. The second-order valence-corrected chi connectivity index (χ2v) is 4.27. The van der Waals surface area contributed by atoms with E-state index in [1.807, 2.05) is 0 Å². The van der Waals surface area contributed by atoms with E-state index in [4.69, 9.17) is 0 Å². The van der Waals surface area contributed by atoms with Crippen LogP contribution in [0.2, 0.25) is 0 Å². The van der Waals surface area contributed by atoms with Crippen LogP contribution in [0, 0.1) is 6.92 Å². The Kier molecular flexibility index (Phi) is 2.82. The summed E-state index contributed by atoms with van der Waals surface area (Å²) in [6.45, 7) is 6.78. The fourth-order valence-corrected chi connectivity index (χ4v) is 2.26. The van der Waals surface area contributed by atoms with Gasteiger partial charge in [-0.1, -0.05) is 12.1 Å². The molecule has 0 N–H and O–H groups in total. The molecule has 0 unspecified atom stereocenters. The number of aromatic nitrogens is 1. The van der Waals surface area contributed by atoms with Crippen LogP contribution >= 0.6 is 0 Å². The minimum atomic E-state index is 0.218. The van der Waals surface area contributed by atoms with Crippen molar-refractivity contribution in [2.24, 2.45) is 0 Å². The maximum Gasteiger partial charge on any atom is 0.135 e. The molecule has 1 aromatic carbocycles. The van der Waals surface area contributed by atoms with E-state index in [0.717, 1.165) is 12.2 Å². The van der Waals surface area contributed by atoms with Crippen LogP contribution < -0.4 is 0 Å². The number of hydrogen-bond acceptors (Lipinski definition) is 1. The van der Waals surface area contributed by atoms with E-state index in [1.54, 1.807) is 6.92 Å². The molecule has 0 fully saturated rings. The first-order valence-corrected chi connectivity index (χ1v) is 5.70.